The predicted molar refractivity (Wildman–Crippen MR) is 85.9 cm³/mol. The first kappa shape index (κ1) is 17.9. The van der Waals surface area contributed by atoms with Crippen LogP contribution in [0, 0.1) is 11.3 Å². The highest BCUT2D eigenvalue weighted by molar-refractivity contribution is 9.11. The molecule has 0 saturated heterocycles. The van der Waals surface area contributed by atoms with E-state index in [1.807, 2.05) is 25.1 Å². The van der Waals surface area contributed by atoms with Crippen LogP contribution in [0.3, 0.4) is 0 Å². The van der Waals surface area contributed by atoms with Gasteiger partial charge in [0.15, 0.2) is 5.66 Å². The molecule has 0 aromatic heterocycles. The van der Waals surface area contributed by atoms with Crippen molar-refractivity contribution in [3.8, 4) is 6.07 Å². The van der Waals surface area contributed by atoms with Gasteiger partial charge in [-0.2, -0.15) is 5.26 Å². The third-order valence-corrected chi connectivity index (χ3v) is 6.55. The van der Waals surface area contributed by atoms with Crippen LogP contribution in [0.4, 0.5) is 0 Å². The Morgan fingerprint density at radius 3 is 2.40 bits per heavy atom. The first-order chi connectivity index (χ1) is 9.43. The maximum Gasteiger partial charge on any atom is 0.347 e. The molecule has 0 amide bonds. The fourth-order valence-electron chi connectivity index (χ4n) is 2.09. The van der Waals surface area contributed by atoms with E-state index < -0.39 is 13.3 Å². The molecule has 0 N–H and O–H groups in total. The van der Waals surface area contributed by atoms with Crippen molar-refractivity contribution in [1.82, 2.24) is 0 Å². The Morgan fingerprint density at radius 2 is 1.95 bits per heavy atom. The van der Waals surface area contributed by atoms with Gasteiger partial charge in [-0.25, -0.2) is 0 Å². The molecule has 2 unspecified atom stereocenters. The second kappa shape index (κ2) is 7.72. The molecule has 0 bridgehead atoms. The maximum atomic E-state index is 12.6. The third-order valence-electron chi connectivity index (χ3n) is 3.16. The summed E-state index contributed by atoms with van der Waals surface area (Å²) in [6.07, 6.45) is 0.643. The van der Waals surface area contributed by atoms with Crippen molar-refractivity contribution in [3.05, 3.63) is 32.7 Å². The number of nitriles is 1. The number of nitrogens with zero attached hydrogens (tertiary/aromatic N) is 1. The van der Waals surface area contributed by atoms with Gasteiger partial charge in [-0.3, -0.25) is 4.57 Å². The highest BCUT2D eigenvalue weighted by Gasteiger charge is 2.41. The van der Waals surface area contributed by atoms with Crippen LogP contribution in [0.5, 0.6) is 0 Å². The number of rotatable bonds is 6. The smallest absolute Gasteiger partial charge is 0.311 e. The first-order valence-corrected chi connectivity index (χ1v) is 9.19. The van der Waals surface area contributed by atoms with Crippen molar-refractivity contribution in [3.63, 3.8) is 0 Å². The third kappa shape index (κ3) is 3.72. The van der Waals surface area contributed by atoms with Gasteiger partial charge in [-0.1, -0.05) is 38.8 Å². The molecule has 0 saturated carbocycles. The average Bonchev–Trinajstić information content (AvgIpc) is 2.46. The Kier molecular flexibility index (Phi) is 6.90. The first-order valence-electron chi connectivity index (χ1n) is 5.99. The van der Waals surface area contributed by atoms with Crippen LogP contribution in [0.2, 0.25) is 0 Å². The minimum Gasteiger partial charge on any atom is -0.311 e. The fraction of sp³-hybridized carbons (Fsp3) is 0.462. The van der Waals surface area contributed by atoms with Gasteiger partial charge < -0.3 is 9.05 Å². The topological polar surface area (TPSA) is 59.3 Å². The quantitative estimate of drug-likeness (QED) is 0.597. The largest absolute Gasteiger partial charge is 0.347 e. The molecule has 20 heavy (non-hydrogen) atoms. The summed E-state index contributed by atoms with van der Waals surface area (Å²) in [6, 6.07) is 7.79. The van der Waals surface area contributed by atoms with Gasteiger partial charge in [0.2, 0.25) is 0 Å². The summed E-state index contributed by atoms with van der Waals surface area (Å²) in [5.74, 6) is -0.252. The van der Waals surface area contributed by atoms with Gasteiger partial charge in [-0.15, -0.1) is 0 Å². The van der Waals surface area contributed by atoms with Gasteiger partial charge >= 0.3 is 7.60 Å². The van der Waals surface area contributed by atoms with E-state index in [1.54, 1.807) is 0 Å². The molecule has 0 aliphatic carbocycles. The predicted octanol–water partition coefficient (Wildman–Crippen LogP) is 5.08. The molecular weight excluding hydrogens is 409 g/mol. The summed E-state index contributed by atoms with van der Waals surface area (Å²) in [4.78, 5) is 0. The van der Waals surface area contributed by atoms with Crippen LogP contribution >= 0.6 is 39.5 Å². The Morgan fingerprint density at radius 1 is 1.35 bits per heavy atom. The van der Waals surface area contributed by atoms with Crippen molar-refractivity contribution in [2.24, 2.45) is 0 Å². The minimum absolute atomic E-state index is 0.252. The molecule has 0 radical (unpaired) electrons. The lowest BCUT2D eigenvalue weighted by Crippen LogP contribution is -2.19. The summed E-state index contributed by atoms with van der Waals surface area (Å²) >= 11 is 6.89. The summed E-state index contributed by atoms with van der Waals surface area (Å²) in [7, 11) is -0.856. The van der Waals surface area contributed by atoms with E-state index in [-0.39, 0.29) is 5.92 Å². The summed E-state index contributed by atoms with van der Waals surface area (Å²) in [5.41, 5.74) is 0.0517. The molecule has 4 nitrogen and oxygen atoms in total. The Bertz CT molecular complexity index is 551. The fourth-order valence-corrected chi connectivity index (χ4v) is 4.57. The number of halogens is 2. The molecule has 1 aromatic carbocycles. The van der Waals surface area contributed by atoms with Gasteiger partial charge in [0, 0.05) is 29.1 Å². The van der Waals surface area contributed by atoms with Crippen molar-refractivity contribution in [2.45, 2.75) is 24.9 Å². The second-order valence-electron chi connectivity index (χ2n) is 4.16. The molecule has 0 aliphatic heterocycles. The number of hydrogen-bond acceptors (Lipinski definition) is 4. The monoisotopic (exact) mass is 423 g/mol. The zero-order chi connectivity index (χ0) is 15.3. The molecule has 0 spiro atoms. The highest BCUT2D eigenvalue weighted by atomic mass is 79.9. The van der Waals surface area contributed by atoms with E-state index >= 15 is 0 Å². The zero-order valence-corrected chi connectivity index (χ0v) is 15.5. The molecule has 0 heterocycles. The van der Waals surface area contributed by atoms with Crippen LogP contribution in [-0.2, 0) is 13.6 Å². The van der Waals surface area contributed by atoms with Crippen LogP contribution < -0.4 is 0 Å². The highest BCUT2D eigenvalue weighted by Crippen LogP contribution is 2.57. The lowest BCUT2D eigenvalue weighted by atomic mass is 9.93. The Hall–Kier alpha value is -0.180. The molecule has 110 valence electrons. The lowest BCUT2D eigenvalue weighted by molar-refractivity contribution is 0.266. The average molecular weight is 425 g/mol. The lowest BCUT2D eigenvalue weighted by Gasteiger charge is -2.27. The van der Waals surface area contributed by atoms with Crippen molar-refractivity contribution >= 4 is 39.5 Å². The minimum atomic E-state index is -3.46. The molecule has 0 aliphatic rings. The number of hydrogen-bond donors (Lipinski definition) is 0. The van der Waals surface area contributed by atoms with E-state index in [2.05, 4.69) is 37.9 Å². The van der Waals surface area contributed by atoms with E-state index in [1.165, 1.54) is 14.2 Å². The molecule has 2 atom stereocenters. The van der Waals surface area contributed by atoms with E-state index in [4.69, 9.17) is 9.05 Å². The summed E-state index contributed by atoms with van der Waals surface area (Å²) < 4.78 is 24.3. The van der Waals surface area contributed by atoms with Crippen LogP contribution in [-0.4, -0.2) is 19.9 Å². The van der Waals surface area contributed by atoms with E-state index in [0.717, 1.165) is 14.5 Å². The van der Waals surface area contributed by atoms with Gasteiger partial charge in [0.25, 0.3) is 0 Å². The van der Waals surface area contributed by atoms with E-state index in [9.17, 15) is 9.83 Å². The SMILES string of the molecule is CCC(c1cc(Br)ccc1Br)C(C#N)P(=O)(OC)OC. The van der Waals surface area contributed by atoms with Crippen LogP contribution in [0.1, 0.15) is 24.8 Å². The van der Waals surface area contributed by atoms with Gasteiger partial charge in [-0.05, 0) is 30.2 Å². The summed E-state index contributed by atoms with van der Waals surface area (Å²) in [5, 5.41) is 9.44. The Labute approximate surface area is 136 Å². The number of benzene rings is 1. The van der Waals surface area contributed by atoms with Crippen LogP contribution in [0.25, 0.3) is 0 Å². The van der Waals surface area contributed by atoms with Gasteiger partial charge in [0.1, 0.15) is 0 Å². The molecular formula is C13H16Br2NO3P. The molecule has 7 heteroatoms. The normalized spacial score (nSPS) is 14.6. The van der Waals surface area contributed by atoms with Crippen molar-refractivity contribution in [1.29, 1.82) is 5.26 Å². The Balaban J connectivity index is 3.33. The molecule has 1 aromatic rings. The zero-order valence-electron chi connectivity index (χ0n) is 11.5. The van der Waals surface area contributed by atoms with Gasteiger partial charge in [0.05, 0.1) is 6.07 Å². The maximum absolute atomic E-state index is 12.6. The summed E-state index contributed by atoms with van der Waals surface area (Å²) in [6.45, 7) is 1.94. The second-order valence-corrected chi connectivity index (χ2v) is 8.30. The molecule has 0 fully saturated rings. The van der Waals surface area contributed by atoms with Crippen LogP contribution in [0.15, 0.2) is 27.1 Å². The van der Waals surface area contributed by atoms with Crippen molar-refractivity contribution in [2.75, 3.05) is 14.2 Å². The van der Waals surface area contributed by atoms with Crippen molar-refractivity contribution < 1.29 is 13.6 Å². The van der Waals surface area contributed by atoms with E-state index in [0.29, 0.717) is 6.42 Å². The standard InChI is InChI=1S/C13H16Br2NO3P/c1-4-10(11-7-9(14)5-6-12(11)15)13(8-16)20(17,18-2)19-3/h5-7,10,13H,4H2,1-3H3. The molecule has 1 rings (SSSR count).